The van der Waals surface area contributed by atoms with E-state index in [4.69, 9.17) is 14.2 Å². The average Bonchev–Trinajstić information content (AvgIpc) is 2.92. The van der Waals surface area contributed by atoms with Gasteiger partial charge in [0.05, 0.1) is 26.4 Å². The van der Waals surface area contributed by atoms with E-state index in [-0.39, 0.29) is 6.10 Å². The number of unbranched alkanes of at least 4 members (excludes halogenated alkanes) is 13. The third-order valence-corrected chi connectivity index (χ3v) is 7.01. The van der Waals surface area contributed by atoms with Crippen molar-refractivity contribution in [3.8, 4) is 0 Å². The van der Waals surface area contributed by atoms with Crippen LogP contribution in [0.2, 0.25) is 0 Å². The van der Waals surface area contributed by atoms with Gasteiger partial charge in [0, 0.05) is 38.9 Å². The second-order valence-corrected chi connectivity index (χ2v) is 10.4. The molecule has 1 heterocycles. The van der Waals surface area contributed by atoms with Crippen LogP contribution < -0.4 is 0 Å². The van der Waals surface area contributed by atoms with Crippen molar-refractivity contribution in [1.29, 1.82) is 0 Å². The standard InChI is InChI=1S/C32H54N2O3/c1-3-4-5-6-7-8-9-10-11-12-13-14-15-16-24-36-28-32(35-2)29-37-27-31-19-17-18-30(25-31)26-34-22-20-33-21-23-34/h17-22,25,32H,3-16,23-24,26-29H2,1-2H3. The van der Waals surface area contributed by atoms with Crippen molar-refractivity contribution < 1.29 is 14.2 Å². The van der Waals surface area contributed by atoms with Crippen molar-refractivity contribution >= 4 is 6.21 Å². The van der Waals surface area contributed by atoms with Crippen LogP contribution in [0.3, 0.4) is 0 Å². The first-order valence-corrected chi connectivity index (χ1v) is 15.0. The summed E-state index contributed by atoms with van der Waals surface area (Å²) in [7, 11) is 1.74. The van der Waals surface area contributed by atoms with Crippen molar-refractivity contribution in [2.45, 2.75) is 116 Å². The third-order valence-electron chi connectivity index (χ3n) is 7.01. The van der Waals surface area contributed by atoms with Crippen LogP contribution in [0.15, 0.2) is 41.7 Å². The van der Waals surface area contributed by atoms with Gasteiger partial charge in [-0.1, -0.05) is 115 Å². The van der Waals surface area contributed by atoms with Gasteiger partial charge in [0.25, 0.3) is 0 Å². The molecule has 0 aromatic heterocycles. The Labute approximate surface area is 227 Å². The number of nitrogens with zero attached hydrogens (tertiary/aromatic N) is 2. The van der Waals surface area contributed by atoms with Crippen LogP contribution in [-0.4, -0.2) is 50.7 Å². The SMILES string of the molecule is CCCCCCCCCCCCCCCCOCC(COCc1cccc(CN2C=CN=CC2)c1)OC. The molecule has 1 aromatic rings. The van der Waals surface area contributed by atoms with Gasteiger partial charge >= 0.3 is 0 Å². The lowest BCUT2D eigenvalue weighted by molar-refractivity contribution is -0.0451. The minimum atomic E-state index is -0.0207. The number of ether oxygens (including phenoxy) is 3. The molecule has 0 saturated heterocycles. The van der Waals surface area contributed by atoms with Gasteiger partial charge in [0.2, 0.25) is 0 Å². The summed E-state index contributed by atoms with van der Waals surface area (Å²) in [6, 6.07) is 8.59. The van der Waals surface area contributed by atoms with E-state index >= 15 is 0 Å². The number of hydrogen-bond donors (Lipinski definition) is 0. The van der Waals surface area contributed by atoms with Crippen molar-refractivity contribution in [1.82, 2.24) is 4.90 Å². The molecule has 0 fully saturated rings. The van der Waals surface area contributed by atoms with Crippen LogP contribution in [0, 0.1) is 0 Å². The Hall–Kier alpha value is -1.69. The van der Waals surface area contributed by atoms with Crippen LogP contribution in [0.1, 0.15) is 108 Å². The molecule has 0 bridgehead atoms. The maximum absolute atomic E-state index is 5.94. The maximum Gasteiger partial charge on any atom is 0.104 e. The van der Waals surface area contributed by atoms with E-state index in [1.807, 2.05) is 18.6 Å². The Morgan fingerprint density at radius 1 is 0.811 bits per heavy atom. The molecule has 1 aliphatic rings. The van der Waals surface area contributed by atoms with E-state index in [0.717, 1.165) is 26.1 Å². The van der Waals surface area contributed by atoms with Crippen LogP contribution in [0.4, 0.5) is 0 Å². The van der Waals surface area contributed by atoms with Crippen molar-refractivity contribution in [3.63, 3.8) is 0 Å². The topological polar surface area (TPSA) is 43.3 Å². The summed E-state index contributed by atoms with van der Waals surface area (Å²) in [4.78, 5) is 6.37. The van der Waals surface area contributed by atoms with E-state index in [0.29, 0.717) is 19.8 Å². The Kier molecular flexibility index (Phi) is 19.0. The van der Waals surface area contributed by atoms with Crippen LogP contribution in [0.25, 0.3) is 0 Å². The van der Waals surface area contributed by atoms with E-state index in [1.165, 1.54) is 94.6 Å². The van der Waals surface area contributed by atoms with Crippen LogP contribution in [0.5, 0.6) is 0 Å². The number of hydrogen-bond acceptors (Lipinski definition) is 5. The first-order valence-electron chi connectivity index (χ1n) is 15.0. The summed E-state index contributed by atoms with van der Waals surface area (Å²) in [5.74, 6) is 0. The van der Waals surface area contributed by atoms with Gasteiger partial charge < -0.3 is 19.1 Å². The lowest BCUT2D eigenvalue weighted by atomic mass is 10.0. The molecule has 5 nitrogen and oxygen atoms in total. The number of rotatable bonds is 24. The first kappa shape index (κ1) is 31.5. The third kappa shape index (κ3) is 16.7. The zero-order valence-electron chi connectivity index (χ0n) is 23.9. The monoisotopic (exact) mass is 514 g/mol. The summed E-state index contributed by atoms with van der Waals surface area (Å²) < 4.78 is 17.4. The molecule has 0 spiro atoms. The molecule has 37 heavy (non-hydrogen) atoms. The van der Waals surface area contributed by atoms with Crippen molar-refractivity contribution in [3.05, 3.63) is 47.8 Å². The largest absolute Gasteiger partial charge is 0.379 e. The fraction of sp³-hybridized carbons (Fsp3) is 0.719. The van der Waals surface area contributed by atoms with Gasteiger partial charge in [0.1, 0.15) is 6.10 Å². The highest BCUT2D eigenvalue weighted by molar-refractivity contribution is 5.61. The highest BCUT2D eigenvalue weighted by Gasteiger charge is 2.09. The molecule has 0 saturated carbocycles. The lowest BCUT2D eigenvalue weighted by Gasteiger charge is -2.20. The molecular weight excluding hydrogens is 460 g/mol. The normalized spacial score (nSPS) is 13.9. The quantitative estimate of drug-likeness (QED) is 0.131. The minimum Gasteiger partial charge on any atom is -0.379 e. The molecule has 0 amide bonds. The Morgan fingerprint density at radius 3 is 2.05 bits per heavy atom. The molecule has 1 aliphatic heterocycles. The molecule has 1 aromatic carbocycles. The molecule has 0 N–H and O–H groups in total. The van der Waals surface area contributed by atoms with Crippen molar-refractivity contribution in [2.75, 3.05) is 33.5 Å². The highest BCUT2D eigenvalue weighted by Crippen LogP contribution is 2.14. The molecule has 210 valence electrons. The van der Waals surface area contributed by atoms with E-state index in [1.54, 1.807) is 7.11 Å². The van der Waals surface area contributed by atoms with Gasteiger partial charge in [-0.2, -0.15) is 0 Å². The van der Waals surface area contributed by atoms with Gasteiger partial charge in [-0.05, 0) is 17.5 Å². The number of aliphatic imine (C=N–C) groups is 1. The van der Waals surface area contributed by atoms with E-state index in [9.17, 15) is 0 Å². The molecule has 0 radical (unpaired) electrons. The Balaban J connectivity index is 1.40. The van der Waals surface area contributed by atoms with Crippen LogP contribution >= 0.6 is 0 Å². The summed E-state index contributed by atoms with van der Waals surface area (Å²) in [6.07, 6.45) is 25.1. The van der Waals surface area contributed by atoms with Gasteiger partial charge in [-0.3, -0.25) is 4.99 Å². The summed E-state index contributed by atoms with van der Waals surface area (Å²) in [5, 5.41) is 0. The average molecular weight is 515 g/mol. The highest BCUT2D eigenvalue weighted by atomic mass is 16.6. The number of methoxy groups -OCH3 is 1. The van der Waals surface area contributed by atoms with E-state index < -0.39 is 0 Å². The Morgan fingerprint density at radius 2 is 1.43 bits per heavy atom. The molecule has 0 aliphatic carbocycles. The molecule has 1 atom stereocenters. The minimum absolute atomic E-state index is 0.0207. The summed E-state index contributed by atoms with van der Waals surface area (Å²) in [6.45, 7) is 6.56. The number of benzene rings is 1. The van der Waals surface area contributed by atoms with Gasteiger partial charge in [0.15, 0.2) is 0 Å². The molecule has 5 heteroatoms. The zero-order chi connectivity index (χ0) is 26.2. The zero-order valence-corrected chi connectivity index (χ0v) is 23.9. The van der Waals surface area contributed by atoms with Crippen molar-refractivity contribution in [2.24, 2.45) is 4.99 Å². The fourth-order valence-electron chi connectivity index (χ4n) is 4.68. The fourth-order valence-corrected chi connectivity index (χ4v) is 4.68. The molecule has 2 rings (SSSR count). The Bertz CT molecular complexity index is 722. The van der Waals surface area contributed by atoms with Crippen LogP contribution in [-0.2, 0) is 27.4 Å². The van der Waals surface area contributed by atoms with Gasteiger partial charge in [-0.15, -0.1) is 0 Å². The lowest BCUT2D eigenvalue weighted by Crippen LogP contribution is -2.24. The molecular formula is C32H54N2O3. The van der Waals surface area contributed by atoms with Gasteiger partial charge in [-0.25, -0.2) is 0 Å². The van der Waals surface area contributed by atoms with E-state index in [2.05, 4.69) is 41.1 Å². The predicted molar refractivity (Wildman–Crippen MR) is 156 cm³/mol. The summed E-state index contributed by atoms with van der Waals surface area (Å²) in [5.41, 5.74) is 2.46. The second kappa shape index (κ2) is 22.3. The first-order chi connectivity index (χ1) is 18.3. The second-order valence-electron chi connectivity index (χ2n) is 10.4. The molecule has 1 unspecified atom stereocenters. The smallest absolute Gasteiger partial charge is 0.104 e. The maximum atomic E-state index is 5.94. The summed E-state index contributed by atoms with van der Waals surface area (Å²) >= 11 is 0. The predicted octanol–water partition coefficient (Wildman–Crippen LogP) is 8.07.